The second kappa shape index (κ2) is 13.3. The first-order valence-corrected chi connectivity index (χ1v) is 17.8. The fraction of sp³-hybridized carbons (Fsp3) is 0. The molecule has 4 aromatic heterocycles. The maximum atomic E-state index is 5.15. The van der Waals surface area contributed by atoms with Crippen LogP contribution in [0.1, 0.15) is 0 Å². The van der Waals surface area contributed by atoms with Gasteiger partial charge in [-0.3, -0.25) is 15.0 Å². The topological polar surface area (TPSA) is 77.3 Å². The Morgan fingerprint density at radius 3 is 0.889 bits per heavy atom. The van der Waals surface area contributed by atoms with Gasteiger partial charge in [0.15, 0.2) is 17.5 Å². The number of fused-ring (bicyclic) bond motifs is 3. The van der Waals surface area contributed by atoms with E-state index in [9.17, 15) is 0 Å². The van der Waals surface area contributed by atoms with E-state index in [0.717, 1.165) is 82.4 Å². The summed E-state index contributed by atoms with van der Waals surface area (Å²) in [6.45, 7) is 0. The number of nitrogens with zero attached hydrogens (tertiary/aromatic N) is 6. The Balaban J connectivity index is 1.14. The first-order chi connectivity index (χ1) is 26.7. The van der Waals surface area contributed by atoms with Crippen LogP contribution in [0, 0.1) is 0 Å². The van der Waals surface area contributed by atoms with Crippen LogP contribution >= 0.6 is 0 Å². The molecule has 0 unspecified atom stereocenters. The molecule has 6 aromatic carbocycles. The number of rotatable bonds is 6. The van der Waals surface area contributed by atoms with E-state index in [0.29, 0.717) is 17.5 Å². The maximum Gasteiger partial charge on any atom is 0.164 e. The van der Waals surface area contributed by atoms with Crippen LogP contribution in [-0.4, -0.2) is 29.9 Å². The molecule has 6 heteroatoms. The molecule has 10 aromatic rings. The highest BCUT2D eigenvalue weighted by atomic mass is 15.0. The van der Waals surface area contributed by atoms with Crippen molar-refractivity contribution in [3.05, 3.63) is 183 Å². The predicted octanol–water partition coefficient (Wildman–Crippen LogP) is 11.5. The molecule has 0 saturated heterocycles. The largest absolute Gasteiger partial charge is 0.263 e. The van der Waals surface area contributed by atoms with E-state index in [2.05, 4.69) is 142 Å². The number of pyridine rings is 3. The summed E-state index contributed by atoms with van der Waals surface area (Å²) >= 11 is 0. The summed E-state index contributed by atoms with van der Waals surface area (Å²) < 4.78 is 0. The molecule has 0 spiro atoms. The van der Waals surface area contributed by atoms with Crippen LogP contribution in [0.4, 0.5) is 0 Å². The predicted molar refractivity (Wildman–Crippen MR) is 218 cm³/mol. The Hall–Kier alpha value is -7.44. The SMILES string of the molecule is c1cc(-c2nc(-c3cccc(-c4cncc5ccccc45)c3)nc(-c3cccc(-c4cncc5ccccc45)c3)n2)cc(-c2cncc3ccccc23)c1. The lowest BCUT2D eigenvalue weighted by Gasteiger charge is -2.12. The highest BCUT2D eigenvalue weighted by Gasteiger charge is 2.16. The van der Waals surface area contributed by atoms with E-state index < -0.39 is 0 Å². The van der Waals surface area contributed by atoms with E-state index in [4.69, 9.17) is 15.0 Å². The van der Waals surface area contributed by atoms with Crippen LogP contribution in [-0.2, 0) is 0 Å². The van der Waals surface area contributed by atoms with E-state index in [1.807, 2.05) is 55.4 Å². The molecule has 0 radical (unpaired) electrons. The maximum absolute atomic E-state index is 5.15. The summed E-state index contributed by atoms with van der Waals surface area (Å²) in [4.78, 5) is 29.1. The minimum atomic E-state index is 0.583. The van der Waals surface area contributed by atoms with Gasteiger partial charge in [0, 0.05) is 86.7 Å². The molecule has 252 valence electrons. The van der Waals surface area contributed by atoms with Crippen LogP contribution in [0.2, 0.25) is 0 Å². The number of hydrogen-bond acceptors (Lipinski definition) is 6. The van der Waals surface area contributed by atoms with Gasteiger partial charge in [-0.2, -0.15) is 0 Å². The molecule has 0 bridgehead atoms. The van der Waals surface area contributed by atoms with E-state index in [1.54, 1.807) is 0 Å². The Morgan fingerprint density at radius 2 is 0.556 bits per heavy atom. The minimum Gasteiger partial charge on any atom is -0.263 e. The van der Waals surface area contributed by atoms with Crippen molar-refractivity contribution < 1.29 is 0 Å². The van der Waals surface area contributed by atoms with Crippen LogP contribution < -0.4 is 0 Å². The quantitative estimate of drug-likeness (QED) is 0.173. The van der Waals surface area contributed by atoms with Crippen molar-refractivity contribution in [3.63, 3.8) is 0 Å². The second-order valence-electron chi connectivity index (χ2n) is 13.3. The summed E-state index contributed by atoms with van der Waals surface area (Å²) in [7, 11) is 0. The summed E-state index contributed by atoms with van der Waals surface area (Å²) in [5.41, 5.74) is 8.92. The zero-order chi connectivity index (χ0) is 35.8. The van der Waals surface area contributed by atoms with Gasteiger partial charge in [-0.05, 0) is 51.0 Å². The lowest BCUT2D eigenvalue weighted by atomic mass is 9.98. The number of aromatic nitrogens is 6. The molecule has 0 aliphatic heterocycles. The lowest BCUT2D eigenvalue weighted by molar-refractivity contribution is 1.07. The van der Waals surface area contributed by atoms with Gasteiger partial charge in [-0.25, -0.2) is 15.0 Å². The number of benzene rings is 6. The van der Waals surface area contributed by atoms with Crippen LogP contribution in [0.25, 0.3) is 99.9 Å². The highest BCUT2D eigenvalue weighted by Crippen LogP contribution is 2.35. The molecule has 0 aliphatic rings. The van der Waals surface area contributed by atoms with Gasteiger partial charge in [-0.1, -0.05) is 127 Å². The first-order valence-electron chi connectivity index (χ1n) is 17.8. The van der Waals surface area contributed by atoms with Crippen molar-refractivity contribution in [1.29, 1.82) is 0 Å². The van der Waals surface area contributed by atoms with Gasteiger partial charge in [-0.15, -0.1) is 0 Å². The lowest BCUT2D eigenvalue weighted by Crippen LogP contribution is -2.00. The monoisotopic (exact) mass is 690 g/mol. The molecule has 0 saturated carbocycles. The fourth-order valence-electron chi connectivity index (χ4n) is 7.28. The van der Waals surface area contributed by atoms with Crippen molar-refractivity contribution in [3.8, 4) is 67.5 Å². The molecule has 0 N–H and O–H groups in total. The normalized spacial score (nSPS) is 11.3. The molecular formula is C48H30N6. The van der Waals surface area contributed by atoms with Crippen molar-refractivity contribution in [2.45, 2.75) is 0 Å². The zero-order valence-corrected chi connectivity index (χ0v) is 29.0. The van der Waals surface area contributed by atoms with Crippen molar-refractivity contribution >= 4 is 32.3 Å². The average molecular weight is 691 g/mol. The van der Waals surface area contributed by atoms with E-state index in [1.165, 1.54) is 0 Å². The Morgan fingerprint density at radius 1 is 0.259 bits per heavy atom. The Bertz CT molecular complexity index is 2670. The third kappa shape index (κ3) is 5.72. The highest BCUT2D eigenvalue weighted by molar-refractivity contribution is 5.98. The fourth-order valence-corrected chi connectivity index (χ4v) is 7.28. The molecule has 4 heterocycles. The Labute approximate surface area is 311 Å². The smallest absolute Gasteiger partial charge is 0.164 e. The van der Waals surface area contributed by atoms with Gasteiger partial charge in [0.1, 0.15) is 0 Å². The van der Waals surface area contributed by atoms with Gasteiger partial charge in [0.05, 0.1) is 0 Å². The third-order valence-corrected chi connectivity index (χ3v) is 9.94. The molecule has 0 atom stereocenters. The van der Waals surface area contributed by atoms with Gasteiger partial charge >= 0.3 is 0 Å². The van der Waals surface area contributed by atoms with Crippen molar-refractivity contribution in [1.82, 2.24) is 29.9 Å². The second-order valence-corrected chi connectivity index (χ2v) is 13.3. The molecule has 6 nitrogen and oxygen atoms in total. The Kier molecular flexibility index (Phi) is 7.69. The van der Waals surface area contributed by atoms with Crippen molar-refractivity contribution in [2.24, 2.45) is 0 Å². The molecule has 0 fully saturated rings. The zero-order valence-electron chi connectivity index (χ0n) is 29.0. The molecule has 10 rings (SSSR count). The van der Waals surface area contributed by atoms with E-state index in [-0.39, 0.29) is 0 Å². The summed E-state index contributed by atoms with van der Waals surface area (Å²) in [6, 6.07) is 50.0. The average Bonchev–Trinajstić information content (AvgIpc) is 3.26. The third-order valence-electron chi connectivity index (χ3n) is 9.94. The number of hydrogen-bond donors (Lipinski definition) is 0. The minimum absolute atomic E-state index is 0.583. The van der Waals surface area contributed by atoms with Crippen LogP contribution in [0.15, 0.2) is 183 Å². The van der Waals surface area contributed by atoms with Crippen molar-refractivity contribution in [2.75, 3.05) is 0 Å². The summed E-state index contributed by atoms with van der Waals surface area (Å²) in [6.07, 6.45) is 11.5. The van der Waals surface area contributed by atoms with Gasteiger partial charge < -0.3 is 0 Å². The molecule has 0 amide bonds. The van der Waals surface area contributed by atoms with E-state index >= 15 is 0 Å². The standard InChI is InChI=1S/C48H30N6/c1-4-19-40-37(10-1)25-49-28-43(40)31-13-7-16-34(22-31)46-52-47(35-17-8-14-32(23-35)44-29-50-26-38-11-2-5-20-41(38)44)54-48(53-46)36-18-9-15-33(24-36)45-30-51-27-39-12-3-6-21-42(39)45/h1-30H. The van der Waals surface area contributed by atoms with Crippen LogP contribution in [0.3, 0.4) is 0 Å². The molecular weight excluding hydrogens is 661 g/mol. The summed E-state index contributed by atoms with van der Waals surface area (Å²) in [5.74, 6) is 1.75. The first kappa shape index (κ1) is 31.3. The molecule has 54 heavy (non-hydrogen) atoms. The van der Waals surface area contributed by atoms with Gasteiger partial charge in [0.2, 0.25) is 0 Å². The summed E-state index contributed by atoms with van der Waals surface area (Å²) in [5, 5.41) is 6.69. The molecule has 0 aliphatic carbocycles. The van der Waals surface area contributed by atoms with Gasteiger partial charge in [0.25, 0.3) is 0 Å². The van der Waals surface area contributed by atoms with Crippen LogP contribution in [0.5, 0.6) is 0 Å².